The van der Waals surface area contributed by atoms with E-state index in [1.807, 2.05) is 0 Å². The zero-order valence-corrected chi connectivity index (χ0v) is 11.2. The van der Waals surface area contributed by atoms with Crippen LogP contribution in [-0.2, 0) is 16.0 Å². The third kappa shape index (κ3) is 4.76. The van der Waals surface area contributed by atoms with Crippen LogP contribution in [0.15, 0.2) is 24.3 Å². The normalized spacial score (nSPS) is 11.1. The molecule has 7 heteroatoms. The Balaban J connectivity index is 0.00000196. The van der Waals surface area contributed by atoms with E-state index in [9.17, 15) is 13.6 Å². The number of anilines is 1. The Kier molecular flexibility index (Phi) is 6.78. The second-order valence-corrected chi connectivity index (χ2v) is 3.08. The van der Waals surface area contributed by atoms with E-state index in [1.165, 1.54) is 31.4 Å². The van der Waals surface area contributed by atoms with E-state index >= 15 is 0 Å². The minimum atomic E-state index is -2.35. The fourth-order valence-electron chi connectivity index (χ4n) is 0.888. The molecule has 0 bridgehead atoms. The van der Waals surface area contributed by atoms with Gasteiger partial charge in [0.25, 0.3) is 0 Å². The summed E-state index contributed by atoms with van der Waals surface area (Å²) < 4.78 is 27.1. The van der Waals surface area contributed by atoms with E-state index in [1.54, 1.807) is 0 Å². The number of methoxy groups -OCH3 is 1. The van der Waals surface area contributed by atoms with Crippen LogP contribution in [0.3, 0.4) is 0 Å². The van der Waals surface area contributed by atoms with Gasteiger partial charge in [0.05, 0.1) is 12.7 Å². The van der Waals surface area contributed by atoms with Crippen molar-refractivity contribution in [2.24, 2.45) is 0 Å². The van der Waals surface area contributed by atoms with E-state index in [-0.39, 0.29) is 29.6 Å². The zero-order chi connectivity index (χ0) is 10.6. The van der Waals surface area contributed by atoms with E-state index in [4.69, 9.17) is 0 Å². The maximum atomic E-state index is 11.0. The van der Waals surface area contributed by atoms with Gasteiger partial charge in [-0.25, -0.2) is 4.79 Å². The molecule has 0 saturated heterocycles. The zero-order valence-electron chi connectivity index (χ0n) is 8.35. The summed E-state index contributed by atoms with van der Waals surface area (Å²) in [7, 11) is 1.28. The standard InChI is InChI=1S/C8H9NO4S.Na/c1-13-8(10)6-2-4-7(5-3-6)9-14(11)12;/h2-5,9H,1H3,(H,11,12);/p-1. The largest absolute Gasteiger partial charge is 0.755 e. The smallest absolute Gasteiger partial charge is 0.337 e. The van der Waals surface area contributed by atoms with Crippen LogP contribution >= 0.6 is 0 Å². The van der Waals surface area contributed by atoms with Crippen molar-refractivity contribution < 1.29 is 18.3 Å². The quantitative estimate of drug-likeness (QED) is 0.466. The third-order valence-corrected chi connectivity index (χ3v) is 1.91. The van der Waals surface area contributed by atoms with Crippen LogP contribution in [0.1, 0.15) is 10.4 Å². The third-order valence-electron chi connectivity index (χ3n) is 1.51. The fourth-order valence-corrected chi connectivity index (χ4v) is 1.22. The van der Waals surface area contributed by atoms with Crippen molar-refractivity contribution in [3.05, 3.63) is 29.8 Å². The molecule has 15 heavy (non-hydrogen) atoms. The van der Waals surface area contributed by atoms with Crippen molar-refractivity contribution in [2.75, 3.05) is 11.8 Å². The molecular formula is C8H8NNaO4S-. The van der Waals surface area contributed by atoms with Crippen molar-refractivity contribution in [3.63, 3.8) is 0 Å². The first-order valence-corrected chi connectivity index (χ1v) is 4.75. The second kappa shape index (κ2) is 6.97. The summed E-state index contributed by atoms with van der Waals surface area (Å²) in [4.78, 5) is 11.0. The number of ether oxygens (including phenoxy) is 1. The second-order valence-electron chi connectivity index (χ2n) is 2.41. The van der Waals surface area contributed by atoms with Gasteiger partial charge in [0.1, 0.15) is 0 Å². The van der Waals surface area contributed by atoms with Gasteiger partial charge in [-0.1, -0.05) is 0 Å². The van der Waals surface area contributed by atoms with Gasteiger partial charge < -0.3 is 14.0 Å². The summed E-state index contributed by atoms with van der Waals surface area (Å²) in [5.74, 6) is -0.459. The molecule has 1 rings (SSSR count). The van der Waals surface area contributed by atoms with Crippen LogP contribution < -0.4 is 4.72 Å². The van der Waals surface area contributed by atoms with Gasteiger partial charge in [0.15, 0.2) is 0 Å². The first-order valence-electron chi connectivity index (χ1n) is 3.68. The molecular weight excluding hydrogens is 229 g/mol. The van der Waals surface area contributed by atoms with E-state index in [0.717, 1.165) is 0 Å². The maximum Gasteiger partial charge on any atom is 0.337 e. The SMILES string of the molecule is COC(=O)c1ccc(NS(=O)[O-])cc1.[Na]. The summed E-state index contributed by atoms with van der Waals surface area (Å²) in [5.41, 5.74) is 0.765. The minimum absolute atomic E-state index is 0. The fraction of sp³-hybridized carbons (Fsp3) is 0.125. The molecule has 77 valence electrons. The predicted molar refractivity (Wildman–Crippen MR) is 56.1 cm³/mol. The molecule has 0 heterocycles. The average molecular weight is 237 g/mol. The molecule has 1 aromatic carbocycles. The number of nitrogens with one attached hydrogen (secondary N) is 1. The molecule has 0 aliphatic carbocycles. The molecule has 1 atom stereocenters. The molecule has 1 N–H and O–H groups in total. The summed E-state index contributed by atoms with van der Waals surface area (Å²) in [6.07, 6.45) is 0. The van der Waals surface area contributed by atoms with Gasteiger partial charge in [0, 0.05) is 46.5 Å². The maximum absolute atomic E-state index is 11.0. The molecule has 1 radical (unpaired) electrons. The van der Waals surface area contributed by atoms with Crippen LogP contribution in [0, 0.1) is 0 Å². The van der Waals surface area contributed by atoms with Crippen molar-refractivity contribution in [1.29, 1.82) is 0 Å². The molecule has 1 aromatic rings. The number of hydrogen-bond donors (Lipinski definition) is 1. The van der Waals surface area contributed by atoms with Crippen LogP contribution in [0.4, 0.5) is 5.69 Å². The molecule has 0 amide bonds. The number of carbonyl (C=O) groups is 1. The van der Waals surface area contributed by atoms with E-state index in [2.05, 4.69) is 9.46 Å². The van der Waals surface area contributed by atoms with Crippen LogP contribution in [0.5, 0.6) is 0 Å². The number of hydrogen-bond acceptors (Lipinski definition) is 4. The Hall–Kier alpha value is -0.400. The molecule has 0 fully saturated rings. The van der Waals surface area contributed by atoms with Crippen LogP contribution in [0.25, 0.3) is 0 Å². The summed E-state index contributed by atoms with van der Waals surface area (Å²) >= 11 is -2.35. The Bertz CT molecular complexity index is 354. The van der Waals surface area contributed by atoms with Crippen molar-refractivity contribution >= 4 is 52.5 Å². The Labute approximate surface area is 112 Å². The molecule has 0 aliphatic rings. The minimum Gasteiger partial charge on any atom is -0.755 e. The number of esters is 1. The van der Waals surface area contributed by atoms with Crippen molar-refractivity contribution in [3.8, 4) is 0 Å². The Morgan fingerprint density at radius 2 is 1.93 bits per heavy atom. The molecule has 0 saturated carbocycles. The van der Waals surface area contributed by atoms with Crippen molar-refractivity contribution in [2.45, 2.75) is 0 Å². The topological polar surface area (TPSA) is 78.5 Å². The average Bonchev–Trinajstić information content (AvgIpc) is 2.17. The first kappa shape index (κ1) is 14.6. The van der Waals surface area contributed by atoms with E-state index in [0.29, 0.717) is 11.3 Å². The summed E-state index contributed by atoms with van der Waals surface area (Å²) in [6, 6.07) is 5.90. The molecule has 0 spiro atoms. The number of carbonyl (C=O) groups excluding carboxylic acids is 1. The van der Waals surface area contributed by atoms with E-state index < -0.39 is 17.2 Å². The van der Waals surface area contributed by atoms with Crippen LogP contribution in [0.2, 0.25) is 0 Å². The van der Waals surface area contributed by atoms with Crippen LogP contribution in [-0.4, -0.2) is 51.4 Å². The van der Waals surface area contributed by atoms with Crippen molar-refractivity contribution in [1.82, 2.24) is 0 Å². The number of benzene rings is 1. The molecule has 0 aromatic heterocycles. The predicted octanol–water partition coefficient (Wildman–Crippen LogP) is 0.298. The van der Waals surface area contributed by atoms with Gasteiger partial charge in [-0.2, -0.15) is 0 Å². The van der Waals surface area contributed by atoms with Gasteiger partial charge in [0.2, 0.25) is 0 Å². The molecule has 1 unspecified atom stereocenters. The summed E-state index contributed by atoms with van der Waals surface area (Å²) in [6.45, 7) is 0. The Morgan fingerprint density at radius 1 is 1.40 bits per heavy atom. The van der Waals surface area contributed by atoms with Gasteiger partial charge >= 0.3 is 5.97 Å². The molecule has 5 nitrogen and oxygen atoms in total. The number of rotatable bonds is 3. The molecule has 0 aliphatic heterocycles. The van der Waals surface area contributed by atoms with Gasteiger partial charge in [-0.05, 0) is 24.3 Å². The monoisotopic (exact) mass is 237 g/mol. The van der Waals surface area contributed by atoms with Gasteiger partial charge in [-0.15, -0.1) is 0 Å². The summed E-state index contributed by atoms with van der Waals surface area (Å²) in [5, 5.41) is 0. The first-order chi connectivity index (χ1) is 6.63. The van der Waals surface area contributed by atoms with Gasteiger partial charge in [-0.3, -0.25) is 4.21 Å². The Morgan fingerprint density at radius 3 is 2.33 bits per heavy atom.